The molecule has 6 nitrogen and oxygen atoms in total. The fourth-order valence-electron chi connectivity index (χ4n) is 5.20. The first-order valence-electron chi connectivity index (χ1n) is 18.7. The molecule has 6 heteroatoms. The van der Waals surface area contributed by atoms with Crippen molar-refractivity contribution in [1.82, 2.24) is 5.32 Å². The van der Waals surface area contributed by atoms with Gasteiger partial charge in [0, 0.05) is 6.42 Å². The molecule has 5 N–H and O–H groups in total. The van der Waals surface area contributed by atoms with Crippen molar-refractivity contribution >= 4 is 5.91 Å². The Balaban J connectivity index is 3.94. The fraction of sp³-hybridized carbons (Fsp3) is 0.725. The maximum atomic E-state index is 12.4. The highest BCUT2D eigenvalue weighted by molar-refractivity contribution is 5.76. The van der Waals surface area contributed by atoms with Gasteiger partial charge in [-0.15, -0.1) is 0 Å². The Bertz CT molecular complexity index is 818. The van der Waals surface area contributed by atoms with E-state index in [0.29, 0.717) is 19.3 Å². The van der Waals surface area contributed by atoms with Crippen LogP contribution in [0.2, 0.25) is 0 Å². The summed E-state index contributed by atoms with van der Waals surface area (Å²) in [6.07, 6.45) is 40.4. The summed E-state index contributed by atoms with van der Waals surface area (Å²) in [5.74, 6) is -0.288. The van der Waals surface area contributed by atoms with E-state index in [0.717, 1.165) is 38.5 Å². The van der Waals surface area contributed by atoms with Gasteiger partial charge in [-0.25, -0.2) is 0 Å². The Morgan fingerprint density at radius 3 is 1.63 bits per heavy atom. The number of amides is 1. The number of carbonyl (C=O) groups is 1. The molecule has 4 atom stereocenters. The van der Waals surface area contributed by atoms with E-state index in [1.165, 1.54) is 77.0 Å². The van der Waals surface area contributed by atoms with Crippen molar-refractivity contribution in [2.24, 2.45) is 0 Å². The molecule has 0 saturated carbocycles. The molecule has 0 aromatic carbocycles. The average molecular weight is 646 g/mol. The molecule has 0 aromatic heterocycles. The van der Waals surface area contributed by atoms with Crippen molar-refractivity contribution in [3.63, 3.8) is 0 Å². The molecule has 0 aliphatic rings. The zero-order valence-electron chi connectivity index (χ0n) is 29.5. The Kier molecular flexibility index (Phi) is 32.9. The summed E-state index contributed by atoms with van der Waals surface area (Å²) in [7, 11) is 0. The lowest BCUT2D eigenvalue weighted by molar-refractivity contribution is -0.123. The average Bonchev–Trinajstić information content (AvgIpc) is 3.05. The summed E-state index contributed by atoms with van der Waals surface area (Å²) in [5.41, 5.74) is 0. The van der Waals surface area contributed by atoms with Gasteiger partial charge in [-0.2, -0.15) is 0 Å². The molecule has 0 heterocycles. The largest absolute Gasteiger partial charge is 0.394 e. The molecular formula is C40H71NO5. The molecule has 0 aliphatic carbocycles. The lowest BCUT2D eigenvalue weighted by atomic mass is 10.0. The summed E-state index contributed by atoms with van der Waals surface area (Å²) in [5, 5.41) is 43.2. The van der Waals surface area contributed by atoms with Gasteiger partial charge in [0.25, 0.3) is 0 Å². The molecule has 0 radical (unpaired) electrons. The van der Waals surface area contributed by atoms with Gasteiger partial charge in [-0.3, -0.25) is 4.79 Å². The highest BCUT2D eigenvalue weighted by Gasteiger charge is 2.19. The third kappa shape index (κ3) is 29.4. The van der Waals surface area contributed by atoms with E-state index in [1.54, 1.807) is 6.08 Å². The number of aliphatic hydroxyl groups is 4. The predicted molar refractivity (Wildman–Crippen MR) is 196 cm³/mol. The number of nitrogens with one attached hydrogen (secondary N) is 1. The second kappa shape index (κ2) is 34.3. The molecular weight excluding hydrogens is 574 g/mol. The number of allylic oxidation sites excluding steroid dienone is 8. The minimum atomic E-state index is -0.950. The fourth-order valence-corrected chi connectivity index (χ4v) is 5.20. The van der Waals surface area contributed by atoms with Crippen molar-refractivity contribution in [2.75, 3.05) is 6.61 Å². The van der Waals surface area contributed by atoms with Crippen molar-refractivity contribution < 1.29 is 25.2 Å². The topological polar surface area (TPSA) is 110 Å². The van der Waals surface area contributed by atoms with E-state index >= 15 is 0 Å². The molecule has 0 aliphatic heterocycles. The third-order valence-corrected chi connectivity index (χ3v) is 8.21. The van der Waals surface area contributed by atoms with Crippen LogP contribution in [0.15, 0.2) is 60.8 Å². The highest BCUT2D eigenvalue weighted by atomic mass is 16.3. The molecule has 1 amide bonds. The van der Waals surface area contributed by atoms with Crippen LogP contribution in [0.5, 0.6) is 0 Å². The molecule has 0 unspecified atom stereocenters. The zero-order chi connectivity index (χ0) is 33.9. The first kappa shape index (κ1) is 44.0. The lowest BCUT2D eigenvalue weighted by Crippen LogP contribution is -2.45. The summed E-state index contributed by atoms with van der Waals surface area (Å²) < 4.78 is 0. The number of hydrogen-bond donors (Lipinski definition) is 5. The molecule has 0 aromatic rings. The normalized spacial score (nSPS) is 15.2. The van der Waals surface area contributed by atoms with Crippen LogP contribution in [0.4, 0.5) is 0 Å². The van der Waals surface area contributed by atoms with Crippen LogP contribution in [-0.2, 0) is 4.79 Å². The molecule has 46 heavy (non-hydrogen) atoms. The quantitative estimate of drug-likeness (QED) is 0.0371. The summed E-state index contributed by atoms with van der Waals surface area (Å²) in [6, 6.07) is -0.760. The van der Waals surface area contributed by atoms with Crippen LogP contribution in [0.1, 0.15) is 155 Å². The number of unbranched alkanes of at least 4 members (excludes halogenated alkanes) is 13. The van der Waals surface area contributed by atoms with Crippen molar-refractivity contribution in [3.8, 4) is 0 Å². The predicted octanol–water partition coefficient (Wildman–Crippen LogP) is 8.95. The van der Waals surface area contributed by atoms with Gasteiger partial charge in [0.15, 0.2) is 0 Å². The van der Waals surface area contributed by atoms with Gasteiger partial charge < -0.3 is 25.7 Å². The van der Waals surface area contributed by atoms with Crippen LogP contribution < -0.4 is 5.32 Å². The summed E-state index contributed by atoms with van der Waals surface area (Å²) >= 11 is 0. The van der Waals surface area contributed by atoms with E-state index < -0.39 is 24.4 Å². The van der Waals surface area contributed by atoms with E-state index in [1.807, 2.05) is 18.2 Å². The lowest BCUT2D eigenvalue weighted by Gasteiger charge is -2.20. The smallest absolute Gasteiger partial charge is 0.220 e. The SMILES string of the molecule is CC/C=C\C/C=C\C/C=C\C/C=C\C[C@@H](O)[C@H](O)CCCC(=O)N[C@@H](CO)[C@H](O)/C=C/CCCCCCCCCCCCCCC. The minimum Gasteiger partial charge on any atom is -0.394 e. The Morgan fingerprint density at radius 1 is 0.609 bits per heavy atom. The first-order chi connectivity index (χ1) is 22.5. The van der Waals surface area contributed by atoms with Gasteiger partial charge in [-0.05, 0) is 57.8 Å². The van der Waals surface area contributed by atoms with Gasteiger partial charge in [-0.1, -0.05) is 152 Å². The Morgan fingerprint density at radius 2 is 1.11 bits per heavy atom. The zero-order valence-corrected chi connectivity index (χ0v) is 29.5. The van der Waals surface area contributed by atoms with E-state index in [9.17, 15) is 25.2 Å². The first-order valence-corrected chi connectivity index (χ1v) is 18.7. The van der Waals surface area contributed by atoms with Crippen LogP contribution in [0, 0.1) is 0 Å². The van der Waals surface area contributed by atoms with Gasteiger partial charge in [0.2, 0.25) is 5.91 Å². The van der Waals surface area contributed by atoms with Crippen LogP contribution in [-0.4, -0.2) is 57.3 Å². The van der Waals surface area contributed by atoms with E-state index in [-0.39, 0.29) is 18.9 Å². The summed E-state index contributed by atoms with van der Waals surface area (Å²) in [6.45, 7) is 4.03. The van der Waals surface area contributed by atoms with Crippen molar-refractivity contribution in [1.29, 1.82) is 0 Å². The third-order valence-electron chi connectivity index (χ3n) is 8.21. The summed E-state index contributed by atoms with van der Waals surface area (Å²) in [4.78, 5) is 12.4. The molecule has 0 rings (SSSR count). The molecule has 0 bridgehead atoms. The monoisotopic (exact) mass is 646 g/mol. The Labute approximate surface area is 282 Å². The molecule has 0 spiro atoms. The second-order valence-corrected chi connectivity index (χ2v) is 12.6. The van der Waals surface area contributed by atoms with E-state index in [2.05, 4.69) is 55.6 Å². The van der Waals surface area contributed by atoms with Crippen molar-refractivity contribution in [2.45, 2.75) is 179 Å². The molecule has 0 saturated heterocycles. The van der Waals surface area contributed by atoms with Crippen LogP contribution in [0.25, 0.3) is 0 Å². The van der Waals surface area contributed by atoms with Gasteiger partial charge in [0.1, 0.15) is 0 Å². The van der Waals surface area contributed by atoms with Crippen LogP contribution >= 0.6 is 0 Å². The minimum absolute atomic E-state index is 0.152. The number of carbonyl (C=O) groups excluding carboxylic acids is 1. The number of hydrogen-bond acceptors (Lipinski definition) is 5. The standard InChI is InChI=1S/C40H71NO5/c1-3-5-7-9-11-13-15-17-18-19-21-22-24-26-28-31-37(43)36(35-42)41-40(46)34-30-33-39(45)38(44)32-29-27-25-23-20-16-14-12-10-8-6-4-2/h6,8,12,14,20,23,27-29,31,36-39,42-45H,3-5,7,9-11,13,15-19,21-22,24-26,30,32-35H2,1-2H3,(H,41,46)/b8-6-,14-12-,23-20-,29-27-,31-28+/t36-,37+,38+,39+/m0/s1. The second-order valence-electron chi connectivity index (χ2n) is 12.6. The molecule has 0 fully saturated rings. The van der Waals surface area contributed by atoms with Crippen LogP contribution in [0.3, 0.4) is 0 Å². The van der Waals surface area contributed by atoms with Crippen molar-refractivity contribution in [3.05, 3.63) is 60.8 Å². The number of aliphatic hydroxyl groups excluding tert-OH is 4. The number of rotatable bonds is 32. The highest BCUT2D eigenvalue weighted by Crippen LogP contribution is 2.14. The van der Waals surface area contributed by atoms with E-state index in [4.69, 9.17) is 0 Å². The molecule has 266 valence electrons. The Hall–Kier alpha value is -1.99. The van der Waals surface area contributed by atoms with Gasteiger partial charge in [0.05, 0.1) is 31.0 Å². The maximum absolute atomic E-state index is 12.4. The van der Waals surface area contributed by atoms with Gasteiger partial charge >= 0.3 is 0 Å². The maximum Gasteiger partial charge on any atom is 0.220 e.